The van der Waals surface area contributed by atoms with Gasteiger partial charge in [-0.05, 0) is 18.1 Å². The van der Waals surface area contributed by atoms with Gasteiger partial charge >= 0.3 is 0 Å². The third-order valence-electron chi connectivity index (χ3n) is 3.61. The van der Waals surface area contributed by atoms with Crippen LogP contribution >= 0.6 is 0 Å². The molecule has 0 aliphatic rings. The van der Waals surface area contributed by atoms with Gasteiger partial charge in [0.1, 0.15) is 11.5 Å². The molecule has 3 rings (SSSR count). The van der Waals surface area contributed by atoms with Crippen LogP contribution in [0.1, 0.15) is 38.8 Å². The Morgan fingerprint density at radius 3 is 2.84 bits per heavy atom. The summed E-state index contributed by atoms with van der Waals surface area (Å²) in [6.07, 6.45) is 1.86. The summed E-state index contributed by atoms with van der Waals surface area (Å²) in [5.74, 6) is 1.10. The molecule has 8 nitrogen and oxygen atoms in total. The van der Waals surface area contributed by atoms with Gasteiger partial charge in [0.15, 0.2) is 5.76 Å². The maximum atomic E-state index is 12.0. The lowest BCUT2D eigenvalue weighted by Crippen LogP contribution is -2.19. The third kappa shape index (κ3) is 3.52. The zero-order valence-electron chi connectivity index (χ0n) is 14.2. The average molecular weight is 341 g/mol. The number of aromatic nitrogens is 4. The molecule has 0 aliphatic carbocycles. The van der Waals surface area contributed by atoms with E-state index in [1.807, 2.05) is 13.8 Å². The van der Waals surface area contributed by atoms with Crippen LogP contribution in [0.4, 0.5) is 5.82 Å². The van der Waals surface area contributed by atoms with Gasteiger partial charge in [0, 0.05) is 18.6 Å². The highest BCUT2D eigenvalue weighted by Crippen LogP contribution is 2.24. The van der Waals surface area contributed by atoms with E-state index in [0.29, 0.717) is 29.4 Å². The monoisotopic (exact) mass is 341 g/mol. The van der Waals surface area contributed by atoms with Gasteiger partial charge < -0.3 is 9.73 Å². The van der Waals surface area contributed by atoms with Crippen LogP contribution in [0.25, 0.3) is 17.4 Å². The first kappa shape index (κ1) is 16.7. The zero-order chi connectivity index (χ0) is 18.0. The first-order valence-corrected chi connectivity index (χ1v) is 8.03. The molecule has 8 heteroatoms. The van der Waals surface area contributed by atoms with E-state index in [-0.39, 0.29) is 23.3 Å². The number of aromatic amines is 1. The van der Waals surface area contributed by atoms with Gasteiger partial charge in [-0.3, -0.25) is 14.6 Å². The van der Waals surface area contributed by atoms with Crippen molar-refractivity contribution in [3.63, 3.8) is 0 Å². The van der Waals surface area contributed by atoms with Crippen LogP contribution in [0.2, 0.25) is 0 Å². The van der Waals surface area contributed by atoms with Crippen molar-refractivity contribution >= 4 is 11.7 Å². The van der Waals surface area contributed by atoms with E-state index in [0.717, 1.165) is 0 Å². The van der Waals surface area contributed by atoms with Crippen LogP contribution in [-0.2, 0) is 4.79 Å². The highest BCUT2D eigenvalue weighted by molar-refractivity contribution is 5.90. The molecule has 0 spiro atoms. The largest absolute Gasteiger partial charge is 0.463 e. The number of nitrogens with one attached hydrogen (secondary N) is 2. The summed E-state index contributed by atoms with van der Waals surface area (Å²) >= 11 is 0. The Bertz CT molecular complexity index is 938. The predicted molar refractivity (Wildman–Crippen MR) is 92.7 cm³/mol. The minimum Gasteiger partial charge on any atom is -0.463 e. The maximum absolute atomic E-state index is 12.0. The molecule has 130 valence electrons. The van der Waals surface area contributed by atoms with Gasteiger partial charge in [0.05, 0.1) is 12.0 Å². The second kappa shape index (κ2) is 6.76. The van der Waals surface area contributed by atoms with Crippen molar-refractivity contribution in [3.8, 4) is 17.4 Å². The van der Waals surface area contributed by atoms with Gasteiger partial charge in [0.25, 0.3) is 5.56 Å². The number of carbonyl (C=O) groups excluding carboxylic acids is 1. The van der Waals surface area contributed by atoms with Gasteiger partial charge in [-0.2, -0.15) is 9.78 Å². The van der Waals surface area contributed by atoms with Crippen molar-refractivity contribution in [2.45, 2.75) is 33.1 Å². The molecule has 0 saturated heterocycles. The summed E-state index contributed by atoms with van der Waals surface area (Å²) in [6.45, 7) is 5.65. The molecular weight excluding hydrogens is 322 g/mol. The molecule has 2 N–H and O–H groups in total. The molecule has 0 bridgehead atoms. The molecular formula is C17H19N5O3. The Morgan fingerprint density at radius 2 is 2.20 bits per heavy atom. The summed E-state index contributed by atoms with van der Waals surface area (Å²) in [5, 5.41) is 7.19. The number of anilines is 1. The van der Waals surface area contributed by atoms with Crippen LogP contribution in [0.15, 0.2) is 39.7 Å². The van der Waals surface area contributed by atoms with Crippen molar-refractivity contribution < 1.29 is 9.21 Å². The first-order chi connectivity index (χ1) is 12.0. The second-order valence-electron chi connectivity index (χ2n) is 5.85. The second-order valence-corrected chi connectivity index (χ2v) is 5.85. The van der Waals surface area contributed by atoms with Crippen molar-refractivity contribution in [2.24, 2.45) is 0 Å². The van der Waals surface area contributed by atoms with E-state index in [1.165, 1.54) is 17.0 Å². The minimum absolute atomic E-state index is 0.0786. The Kier molecular flexibility index (Phi) is 4.51. The van der Waals surface area contributed by atoms with Gasteiger partial charge in [-0.15, -0.1) is 0 Å². The van der Waals surface area contributed by atoms with Gasteiger partial charge in [-0.1, -0.05) is 20.8 Å². The molecule has 3 heterocycles. The van der Waals surface area contributed by atoms with Crippen LogP contribution in [0.5, 0.6) is 0 Å². The van der Waals surface area contributed by atoms with Crippen molar-refractivity contribution in [1.82, 2.24) is 19.7 Å². The summed E-state index contributed by atoms with van der Waals surface area (Å²) < 4.78 is 6.76. The van der Waals surface area contributed by atoms with E-state index in [1.54, 1.807) is 25.1 Å². The quantitative estimate of drug-likeness (QED) is 0.742. The van der Waals surface area contributed by atoms with E-state index in [9.17, 15) is 9.59 Å². The Balaban J connectivity index is 2.13. The number of rotatable bonds is 5. The van der Waals surface area contributed by atoms with Crippen LogP contribution in [-0.4, -0.2) is 25.7 Å². The minimum atomic E-state index is -0.281. The number of amides is 1. The van der Waals surface area contributed by atoms with E-state index in [4.69, 9.17) is 4.42 Å². The third-order valence-corrected chi connectivity index (χ3v) is 3.61. The molecule has 0 unspecified atom stereocenters. The van der Waals surface area contributed by atoms with Crippen molar-refractivity contribution in [2.75, 3.05) is 5.32 Å². The Morgan fingerprint density at radius 1 is 1.40 bits per heavy atom. The molecule has 0 aromatic carbocycles. The molecule has 0 atom stereocenters. The zero-order valence-corrected chi connectivity index (χ0v) is 14.2. The van der Waals surface area contributed by atoms with E-state index in [2.05, 4.69) is 20.4 Å². The van der Waals surface area contributed by atoms with Gasteiger partial charge in [0.2, 0.25) is 11.9 Å². The van der Waals surface area contributed by atoms with E-state index < -0.39 is 0 Å². The van der Waals surface area contributed by atoms with Crippen LogP contribution < -0.4 is 10.9 Å². The van der Waals surface area contributed by atoms with Gasteiger partial charge in [-0.25, -0.2) is 4.98 Å². The normalized spacial score (nSPS) is 11.0. The Hall–Kier alpha value is -3.16. The molecule has 0 saturated carbocycles. The topological polar surface area (TPSA) is 106 Å². The van der Waals surface area contributed by atoms with E-state index >= 15 is 0 Å². The molecule has 3 aromatic heterocycles. The number of H-pyrrole nitrogens is 1. The summed E-state index contributed by atoms with van der Waals surface area (Å²) in [7, 11) is 0. The lowest BCUT2D eigenvalue weighted by Gasteiger charge is -2.09. The summed E-state index contributed by atoms with van der Waals surface area (Å²) in [5.41, 5.74) is 0.882. The fourth-order valence-electron chi connectivity index (χ4n) is 2.27. The Labute approximate surface area is 143 Å². The lowest BCUT2D eigenvalue weighted by atomic mass is 10.1. The maximum Gasteiger partial charge on any atom is 0.252 e. The number of nitrogens with zero attached hydrogens (tertiary/aromatic N) is 3. The van der Waals surface area contributed by atoms with Crippen LogP contribution in [0.3, 0.4) is 0 Å². The lowest BCUT2D eigenvalue weighted by molar-refractivity contribution is -0.115. The number of hydrogen-bond acceptors (Lipinski definition) is 5. The highest BCUT2D eigenvalue weighted by atomic mass is 16.3. The fraction of sp³-hybridized carbons (Fsp3) is 0.294. The molecule has 0 fully saturated rings. The molecule has 1 amide bonds. The smallest absolute Gasteiger partial charge is 0.252 e. The molecule has 0 aliphatic heterocycles. The number of carbonyl (C=O) groups is 1. The number of furan rings is 1. The molecule has 25 heavy (non-hydrogen) atoms. The standard InChI is InChI=1S/C17H19N5O3/c1-4-15(23)19-14-8-12(13-6-5-7-25-13)21-22(14)17-18-11(10(2)3)9-16(24)20-17/h5-10H,4H2,1-3H3,(H,19,23)(H,18,20,24). The molecule has 0 radical (unpaired) electrons. The summed E-state index contributed by atoms with van der Waals surface area (Å²) in [6, 6.07) is 6.64. The fourth-order valence-corrected chi connectivity index (χ4v) is 2.27. The predicted octanol–water partition coefficient (Wildman–Crippen LogP) is 2.69. The van der Waals surface area contributed by atoms with Crippen molar-refractivity contribution in [3.05, 3.63) is 46.6 Å². The van der Waals surface area contributed by atoms with Crippen LogP contribution in [0, 0.1) is 0 Å². The summed E-state index contributed by atoms with van der Waals surface area (Å²) in [4.78, 5) is 30.9. The SMILES string of the molecule is CCC(=O)Nc1cc(-c2ccco2)nn1-c1nc(C(C)C)cc(=O)[nH]1. The highest BCUT2D eigenvalue weighted by Gasteiger charge is 2.17. The average Bonchev–Trinajstić information content (AvgIpc) is 3.23. The first-order valence-electron chi connectivity index (χ1n) is 8.03. The van der Waals surface area contributed by atoms with Crippen molar-refractivity contribution in [1.29, 1.82) is 0 Å². The number of hydrogen-bond donors (Lipinski definition) is 2. The molecule has 3 aromatic rings.